The van der Waals surface area contributed by atoms with Gasteiger partial charge in [-0.15, -0.1) is 0 Å². The van der Waals surface area contributed by atoms with E-state index in [-0.39, 0.29) is 36.0 Å². The zero-order valence-electron chi connectivity index (χ0n) is 32.3. The Kier molecular flexibility index (Phi) is 11.4. The number of H-pyrrole nitrogens is 2. The van der Waals surface area contributed by atoms with Gasteiger partial charge in [-0.1, -0.05) is 59.7 Å². The summed E-state index contributed by atoms with van der Waals surface area (Å²) in [5.74, 6) is 2.82. The number of nitrogens with zero attached hydrogens (tertiary/aromatic N) is 4. The smallest absolute Gasteiger partial charge is 0.223 e. The maximum Gasteiger partial charge on any atom is 0.223 e. The van der Waals surface area contributed by atoms with Crippen molar-refractivity contribution in [1.82, 2.24) is 29.7 Å². The van der Waals surface area contributed by atoms with Crippen molar-refractivity contribution in [3.63, 3.8) is 0 Å². The molecule has 0 fully saturated rings. The number of ether oxygens (including phenoxy) is 1. The summed E-state index contributed by atoms with van der Waals surface area (Å²) in [5.41, 5.74) is 7.12. The molecule has 2 amide bonds. The van der Waals surface area contributed by atoms with Crippen LogP contribution >= 0.6 is 0 Å². The van der Waals surface area contributed by atoms with Crippen LogP contribution in [0.5, 0.6) is 5.75 Å². The van der Waals surface area contributed by atoms with Crippen LogP contribution in [-0.2, 0) is 16.2 Å². The largest absolute Gasteiger partial charge is 0.488 e. The number of carbonyl (C=O) groups is 2. The molecule has 0 saturated carbocycles. The third kappa shape index (κ3) is 6.94. The summed E-state index contributed by atoms with van der Waals surface area (Å²) < 4.78 is 6.42. The van der Waals surface area contributed by atoms with E-state index in [9.17, 15) is 9.59 Å². The first kappa shape index (κ1) is 37.1. The van der Waals surface area contributed by atoms with Gasteiger partial charge in [0.1, 0.15) is 24.0 Å². The molecule has 2 aromatic heterocycles. The van der Waals surface area contributed by atoms with Crippen LogP contribution in [0.4, 0.5) is 0 Å². The van der Waals surface area contributed by atoms with Crippen molar-refractivity contribution in [1.29, 1.82) is 0 Å². The molecule has 0 unspecified atom stereocenters. The van der Waals surface area contributed by atoms with Crippen LogP contribution < -0.4 is 4.74 Å². The minimum Gasteiger partial charge on any atom is -0.488 e. The molecular weight excluding hydrogens is 649 g/mol. The highest BCUT2D eigenvalue weighted by molar-refractivity contribution is 6.07. The molecule has 0 saturated heterocycles. The Bertz CT molecular complexity index is 2040. The van der Waals surface area contributed by atoms with Gasteiger partial charge < -0.3 is 24.5 Å². The van der Waals surface area contributed by atoms with E-state index in [1.165, 1.54) is 0 Å². The maximum atomic E-state index is 13.3. The van der Waals surface area contributed by atoms with E-state index >= 15 is 0 Å². The van der Waals surface area contributed by atoms with E-state index in [1.807, 2.05) is 16.0 Å². The number of hydrogen-bond donors (Lipinski definition) is 2. The highest BCUT2D eigenvalue weighted by Gasteiger charge is 2.30. The lowest BCUT2D eigenvalue weighted by molar-refractivity contribution is -0.137. The summed E-state index contributed by atoms with van der Waals surface area (Å²) in [4.78, 5) is 47.5. The molecule has 1 aliphatic heterocycles. The minimum atomic E-state index is -0.164. The van der Waals surface area contributed by atoms with Crippen LogP contribution in [0.2, 0.25) is 0 Å². The predicted molar refractivity (Wildman–Crippen MR) is 210 cm³/mol. The molecule has 2 atom stereocenters. The van der Waals surface area contributed by atoms with Crippen molar-refractivity contribution < 1.29 is 14.3 Å². The molecule has 1 aliphatic rings. The lowest BCUT2D eigenvalue weighted by atomic mass is 9.92. The molecule has 0 spiro atoms. The summed E-state index contributed by atoms with van der Waals surface area (Å²) in [7, 11) is 0. The summed E-state index contributed by atoms with van der Waals surface area (Å²) in [6.07, 6.45) is 8.26. The van der Waals surface area contributed by atoms with Gasteiger partial charge in [0.2, 0.25) is 11.8 Å². The second kappa shape index (κ2) is 15.9. The highest BCUT2D eigenvalue weighted by atomic mass is 16.5. The first-order valence-corrected chi connectivity index (χ1v) is 19.6. The third-order valence-corrected chi connectivity index (χ3v) is 11.1. The van der Waals surface area contributed by atoms with Crippen LogP contribution in [0.15, 0.2) is 48.7 Å². The SMILES string of the molecule is CCCC(=O)N(C(CC)CC)[C@@H](C)c1ncc(-c2ccc3c(c2)COc2cc4c(ccc5[nH]c([C@H](C)N(C(=O)CCC)C(CC)CC)nc54)cc2-3)[nH]1. The Hall–Kier alpha value is -4.66. The fourth-order valence-electron chi connectivity index (χ4n) is 8.15. The van der Waals surface area contributed by atoms with Crippen molar-refractivity contribution in [2.75, 3.05) is 0 Å². The molecule has 52 heavy (non-hydrogen) atoms. The third-order valence-electron chi connectivity index (χ3n) is 11.1. The van der Waals surface area contributed by atoms with Crippen LogP contribution in [0.1, 0.15) is 136 Å². The van der Waals surface area contributed by atoms with E-state index < -0.39 is 0 Å². The Morgan fingerprint density at radius 3 is 2.02 bits per heavy atom. The van der Waals surface area contributed by atoms with Gasteiger partial charge in [-0.2, -0.15) is 0 Å². The van der Waals surface area contributed by atoms with Crippen molar-refractivity contribution >= 4 is 33.6 Å². The average molecular weight is 705 g/mol. The molecule has 0 radical (unpaired) electrons. The number of imidazole rings is 2. The maximum absolute atomic E-state index is 13.3. The summed E-state index contributed by atoms with van der Waals surface area (Å²) in [6.45, 7) is 17.3. The quantitative estimate of drug-likeness (QED) is 0.113. The number of nitrogens with one attached hydrogen (secondary N) is 2. The van der Waals surface area contributed by atoms with Gasteiger partial charge in [0.25, 0.3) is 0 Å². The highest BCUT2D eigenvalue weighted by Crippen LogP contribution is 2.43. The van der Waals surface area contributed by atoms with Crippen LogP contribution in [0.3, 0.4) is 0 Å². The lowest BCUT2D eigenvalue weighted by Crippen LogP contribution is -2.41. The molecule has 9 nitrogen and oxygen atoms in total. The molecule has 276 valence electrons. The Balaban J connectivity index is 1.29. The van der Waals surface area contributed by atoms with Crippen molar-refractivity contribution in [2.24, 2.45) is 0 Å². The number of hydrogen-bond acceptors (Lipinski definition) is 5. The Labute approximate surface area is 308 Å². The zero-order chi connectivity index (χ0) is 37.1. The van der Waals surface area contributed by atoms with Gasteiger partial charge in [-0.25, -0.2) is 9.97 Å². The lowest BCUT2D eigenvalue weighted by Gasteiger charge is -2.35. The molecule has 0 aliphatic carbocycles. The van der Waals surface area contributed by atoms with E-state index in [4.69, 9.17) is 14.7 Å². The fraction of sp³-hybridized carbons (Fsp3) is 0.488. The van der Waals surface area contributed by atoms with Gasteiger partial charge in [-0.3, -0.25) is 9.59 Å². The minimum absolute atomic E-state index is 0.147. The Morgan fingerprint density at radius 1 is 0.769 bits per heavy atom. The molecule has 6 rings (SSSR count). The normalized spacial score (nSPS) is 13.7. The second-order valence-electron chi connectivity index (χ2n) is 14.4. The van der Waals surface area contributed by atoms with E-state index in [0.29, 0.717) is 19.4 Å². The molecule has 3 heterocycles. The first-order chi connectivity index (χ1) is 25.2. The second-order valence-corrected chi connectivity index (χ2v) is 14.4. The summed E-state index contributed by atoms with van der Waals surface area (Å²) in [6, 6.07) is 15.1. The standard InChI is InChI=1S/C43H56N6O3/c1-9-15-39(50)48(31(11-3)12-4)26(7)42-44-24-37(46-42)29-17-19-33-30(21-29)25-52-38-23-34-28(22-35(33)38)18-20-36-41(34)47-43(45-36)27(8)49(32(13-5)14-6)40(51)16-10-2/h17-24,26-27,31-32H,9-16,25H2,1-8H3,(H,44,46)(H,45,47)/t26-,27-/m0/s1. The van der Waals surface area contributed by atoms with Crippen molar-refractivity contribution in [3.8, 4) is 28.1 Å². The number of benzene rings is 3. The topological polar surface area (TPSA) is 107 Å². The monoisotopic (exact) mass is 704 g/mol. The van der Waals surface area contributed by atoms with Crippen LogP contribution in [0, 0.1) is 0 Å². The van der Waals surface area contributed by atoms with Crippen LogP contribution in [-0.4, -0.2) is 53.6 Å². The number of aromatic amines is 2. The molecule has 3 aromatic carbocycles. The van der Waals surface area contributed by atoms with E-state index in [1.54, 1.807) is 0 Å². The summed E-state index contributed by atoms with van der Waals surface area (Å²) >= 11 is 0. The molecule has 9 heteroatoms. The number of aromatic nitrogens is 4. The van der Waals surface area contributed by atoms with Crippen LogP contribution in [0.25, 0.3) is 44.2 Å². The first-order valence-electron chi connectivity index (χ1n) is 19.6. The van der Waals surface area contributed by atoms with Gasteiger partial charge in [0.15, 0.2) is 0 Å². The fourth-order valence-corrected chi connectivity index (χ4v) is 8.15. The molecule has 5 aromatic rings. The molecule has 0 bridgehead atoms. The van der Waals surface area contributed by atoms with E-state index in [0.717, 1.165) is 106 Å². The summed E-state index contributed by atoms with van der Waals surface area (Å²) in [5, 5.41) is 2.11. The van der Waals surface area contributed by atoms with Crippen molar-refractivity contribution in [2.45, 2.75) is 138 Å². The average Bonchev–Trinajstić information content (AvgIpc) is 3.83. The molecule has 2 N–H and O–H groups in total. The molecular formula is C43H56N6O3. The van der Waals surface area contributed by atoms with Gasteiger partial charge >= 0.3 is 0 Å². The number of fused-ring (bicyclic) bond motifs is 6. The Morgan fingerprint density at radius 2 is 1.40 bits per heavy atom. The zero-order valence-corrected chi connectivity index (χ0v) is 32.3. The number of carbonyl (C=O) groups excluding carboxylic acids is 2. The number of amides is 2. The predicted octanol–water partition coefficient (Wildman–Crippen LogP) is 10.4. The van der Waals surface area contributed by atoms with E-state index in [2.05, 4.69) is 108 Å². The van der Waals surface area contributed by atoms with Crippen molar-refractivity contribution in [3.05, 3.63) is 65.9 Å². The number of rotatable bonds is 15. The van der Waals surface area contributed by atoms with Gasteiger partial charge in [-0.05, 0) is 98.7 Å². The van der Waals surface area contributed by atoms with Gasteiger partial charge in [0.05, 0.1) is 35.0 Å². The van der Waals surface area contributed by atoms with Gasteiger partial charge in [0, 0.05) is 35.9 Å².